The van der Waals surface area contributed by atoms with Gasteiger partial charge in [-0.05, 0) is 17.7 Å². The smallest absolute Gasteiger partial charge is 0.350 e. The van der Waals surface area contributed by atoms with Crippen molar-refractivity contribution in [1.29, 1.82) is 0 Å². The van der Waals surface area contributed by atoms with Gasteiger partial charge in [0.05, 0.1) is 25.3 Å². The summed E-state index contributed by atoms with van der Waals surface area (Å²) in [6, 6.07) is 9.15. The number of nitrogen functional groups attached to an aromatic ring is 1. The Morgan fingerprint density at radius 2 is 1.88 bits per heavy atom. The number of nitrogens with zero attached hydrogens (tertiary/aromatic N) is 5. The molecule has 134 valence electrons. The van der Waals surface area contributed by atoms with Crippen molar-refractivity contribution in [3.8, 4) is 0 Å². The molecule has 3 heterocycles. The van der Waals surface area contributed by atoms with Gasteiger partial charge < -0.3 is 15.4 Å². The topological polar surface area (TPSA) is 99.2 Å². The number of hydrogen-bond acceptors (Lipinski definition) is 7. The molecule has 1 saturated heterocycles. The molecule has 2 N–H and O–H groups in total. The molecule has 1 aliphatic heterocycles. The van der Waals surface area contributed by atoms with E-state index in [0.717, 1.165) is 18.7 Å². The first kappa shape index (κ1) is 16.7. The average molecular weight is 373 g/mol. The number of anilines is 2. The summed E-state index contributed by atoms with van der Waals surface area (Å²) in [5.41, 5.74) is 7.41. The molecular weight excluding hydrogens is 356 g/mol. The number of ether oxygens (including phenoxy) is 1. The Balaban J connectivity index is 1.81. The van der Waals surface area contributed by atoms with Crippen molar-refractivity contribution in [3.63, 3.8) is 0 Å². The molecule has 1 fully saturated rings. The zero-order chi connectivity index (χ0) is 18.1. The fourth-order valence-corrected chi connectivity index (χ4v) is 3.08. The number of nitrogens with two attached hydrogens (primary N) is 1. The van der Waals surface area contributed by atoms with Crippen LogP contribution in [-0.4, -0.2) is 46.1 Å². The minimum Gasteiger partial charge on any atom is -0.382 e. The SMILES string of the molecule is Nc1nc(=O)n(Cc2ccc(Cl)cc2)c2cc(N3CCOCC3)nnc12. The van der Waals surface area contributed by atoms with Crippen LogP contribution in [0.3, 0.4) is 0 Å². The quantitative estimate of drug-likeness (QED) is 0.739. The summed E-state index contributed by atoms with van der Waals surface area (Å²) in [6.07, 6.45) is 0. The van der Waals surface area contributed by atoms with Crippen LogP contribution in [0, 0.1) is 0 Å². The van der Waals surface area contributed by atoms with Crippen LogP contribution in [0.2, 0.25) is 5.02 Å². The third-order valence-corrected chi connectivity index (χ3v) is 4.58. The average Bonchev–Trinajstić information content (AvgIpc) is 2.67. The fourth-order valence-electron chi connectivity index (χ4n) is 2.95. The van der Waals surface area contributed by atoms with Crippen LogP contribution in [-0.2, 0) is 11.3 Å². The lowest BCUT2D eigenvalue weighted by molar-refractivity contribution is 0.122. The second-order valence-electron chi connectivity index (χ2n) is 6.03. The molecule has 0 spiro atoms. The number of hydrogen-bond donors (Lipinski definition) is 1. The molecule has 0 unspecified atom stereocenters. The molecule has 0 aliphatic carbocycles. The van der Waals surface area contributed by atoms with Crippen molar-refractivity contribution >= 4 is 34.3 Å². The second-order valence-corrected chi connectivity index (χ2v) is 6.46. The van der Waals surface area contributed by atoms with E-state index < -0.39 is 5.69 Å². The molecule has 26 heavy (non-hydrogen) atoms. The Hall–Kier alpha value is -2.71. The normalized spacial score (nSPS) is 14.7. The summed E-state index contributed by atoms with van der Waals surface area (Å²) in [7, 11) is 0. The molecule has 2 aromatic heterocycles. The van der Waals surface area contributed by atoms with E-state index in [1.54, 1.807) is 16.7 Å². The van der Waals surface area contributed by atoms with Gasteiger partial charge in [0.2, 0.25) is 0 Å². The lowest BCUT2D eigenvalue weighted by Gasteiger charge is -2.27. The maximum Gasteiger partial charge on any atom is 0.350 e. The van der Waals surface area contributed by atoms with Crippen molar-refractivity contribution < 1.29 is 4.74 Å². The van der Waals surface area contributed by atoms with Crippen molar-refractivity contribution in [2.24, 2.45) is 0 Å². The van der Waals surface area contributed by atoms with Crippen LogP contribution in [0.25, 0.3) is 11.0 Å². The summed E-state index contributed by atoms with van der Waals surface area (Å²) < 4.78 is 6.92. The summed E-state index contributed by atoms with van der Waals surface area (Å²) in [6.45, 7) is 3.06. The number of fused-ring (bicyclic) bond motifs is 1. The number of rotatable bonds is 3. The molecule has 4 rings (SSSR count). The summed E-state index contributed by atoms with van der Waals surface area (Å²) >= 11 is 5.94. The van der Waals surface area contributed by atoms with Gasteiger partial charge >= 0.3 is 5.69 Å². The Morgan fingerprint density at radius 1 is 1.15 bits per heavy atom. The van der Waals surface area contributed by atoms with Gasteiger partial charge in [0.25, 0.3) is 0 Å². The van der Waals surface area contributed by atoms with Gasteiger partial charge in [-0.25, -0.2) is 4.79 Å². The highest BCUT2D eigenvalue weighted by Gasteiger charge is 2.17. The third-order valence-electron chi connectivity index (χ3n) is 4.33. The number of benzene rings is 1. The Labute approximate surface area is 154 Å². The van der Waals surface area contributed by atoms with Gasteiger partial charge in [-0.3, -0.25) is 4.57 Å². The Kier molecular flexibility index (Phi) is 4.44. The summed E-state index contributed by atoms with van der Waals surface area (Å²) in [5.74, 6) is 0.772. The van der Waals surface area contributed by atoms with Gasteiger partial charge in [-0.15, -0.1) is 10.2 Å². The van der Waals surface area contributed by atoms with Crippen LogP contribution in [0.15, 0.2) is 35.1 Å². The van der Waals surface area contributed by atoms with Crippen LogP contribution in [0.1, 0.15) is 5.56 Å². The standard InChI is InChI=1S/C17H17ClN6O2/c18-12-3-1-11(2-4-12)10-24-13-9-14(23-5-7-26-8-6-23)21-22-15(13)16(19)20-17(24)25/h1-4,9H,5-8,10H2,(H2,19,20,25). The Bertz CT molecular complexity index is 999. The minimum atomic E-state index is -0.425. The molecule has 0 atom stereocenters. The van der Waals surface area contributed by atoms with Gasteiger partial charge in [0.1, 0.15) is 0 Å². The zero-order valence-electron chi connectivity index (χ0n) is 13.9. The first-order valence-electron chi connectivity index (χ1n) is 8.23. The molecule has 1 aliphatic rings. The van der Waals surface area contributed by atoms with Crippen molar-refractivity contribution in [2.75, 3.05) is 36.9 Å². The van der Waals surface area contributed by atoms with Crippen molar-refractivity contribution in [1.82, 2.24) is 19.7 Å². The number of morpholine rings is 1. The fraction of sp³-hybridized carbons (Fsp3) is 0.294. The second kappa shape index (κ2) is 6.89. The first-order chi connectivity index (χ1) is 12.6. The lowest BCUT2D eigenvalue weighted by atomic mass is 10.2. The minimum absolute atomic E-state index is 0.0818. The van der Waals surface area contributed by atoms with E-state index in [4.69, 9.17) is 22.1 Å². The molecule has 0 radical (unpaired) electrons. The van der Waals surface area contributed by atoms with Gasteiger partial charge in [-0.1, -0.05) is 23.7 Å². The lowest BCUT2D eigenvalue weighted by Crippen LogP contribution is -2.37. The largest absolute Gasteiger partial charge is 0.382 e. The van der Waals surface area contributed by atoms with E-state index in [2.05, 4.69) is 20.1 Å². The zero-order valence-corrected chi connectivity index (χ0v) is 14.7. The van der Waals surface area contributed by atoms with Crippen LogP contribution >= 0.6 is 11.6 Å². The van der Waals surface area contributed by atoms with Crippen LogP contribution in [0.4, 0.5) is 11.6 Å². The first-order valence-corrected chi connectivity index (χ1v) is 8.60. The summed E-state index contributed by atoms with van der Waals surface area (Å²) in [4.78, 5) is 18.4. The van der Waals surface area contributed by atoms with Gasteiger partial charge in [0.15, 0.2) is 17.2 Å². The van der Waals surface area contributed by atoms with E-state index in [-0.39, 0.29) is 5.82 Å². The van der Waals surface area contributed by atoms with Gasteiger partial charge in [-0.2, -0.15) is 4.98 Å². The van der Waals surface area contributed by atoms with Gasteiger partial charge in [0, 0.05) is 24.2 Å². The number of halogens is 1. The third kappa shape index (κ3) is 3.21. The molecular formula is C17H17ClN6O2. The molecule has 0 amide bonds. The van der Waals surface area contributed by atoms with E-state index in [0.29, 0.717) is 41.6 Å². The van der Waals surface area contributed by atoms with E-state index in [1.165, 1.54) is 0 Å². The maximum atomic E-state index is 12.5. The molecule has 9 heteroatoms. The van der Waals surface area contributed by atoms with Crippen LogP contribution < -0.4 is 16.3 Å². The highest BCUT2D eigenvalue weighted by molar-refractivity contribution is 6.30. The molecule has 8 nitrogen and oxygen atoms in total. The highest BCUT2D eigenvalue weighted by Crippen LogP contribution is 2.21. The number of aromatic nitrogens is 4. The predicted octanol–water partition coefficient (Wildman–Crippen LogP) is 1.31. The predicted molar refractivity (Wildman–Crippen MR) is 99.6 cm³/mol. The summed E-state index contributed by atoms with van der Waals surface area (Å²) in [5, 5.41) is 9.10. The molecule has 0 bridgehead atoms. The highest BCUT2D eigenvalue weighted by atomic mass is 35.5. The maximum absolute atomic E-state index is 12.5. The van der Waals surface area contributed by atoms with Crippen LogP contribution in [0.5, 0.6) is 0 Å². The molecule has 1 aromatic carbocycles. The van der Waals surface area contributed by atoms with Crippen molar-refractivity contribution in [2.45, 2.75) is 6.54 Å². The Morgan fingerprint density at radius 3 is 2.62 bits per heavy atom. The molecule has 3 aromatic rings. The van der Waals surface area contributed by atoms with E-state index in [9.17, 15) is 4.79 Å². The van der Waals surface area contributed by atoms with E-state index in [1.807, 2.05) is 18.2 Å². The molecule has 0 saturated carbocycles. The van der Waals surface area contributed by atoms with Crippen molar-refractivity contribution in [3.05, 3.63) is 51.4 Å². The monoisotopic (exact) mass is 372 g/mol. The van der Waals surface area contributed by atoms with E-state index >= 15 is 0 Å².